The lowest BCUT2D eigenvalue weighted by molar-refractivity contribution is -0.127. The van der Waals surface area contributed by atoms with Gasteiger partial charge in [0.15, 0.2) is 0 Å². The van der Waals surface area contributed by atoms with Gasteiger partial charge in [-0.15, -0.1) is 0 Å². The molecule has 2 aliphatic heterocycles. The van der Waals surface area contributed by atoms with Crippen LogP contribution in [-0.2, 0) is 9.59 Å². The van der Waals surface area contributed by atoms with Gasteiger partial charge in [0.1, 0.15) is 12.4 Å². The van der Waals surface area contributed by atoms with Crippen LogP contribution in [0.5, 0.6) is 5.75 Å². The molecule has 0 unspecified atom stereocenters. The number of hydrogen-bond acceptors (Lipinski definition) is 5. The second kappa shape index (κ2) is 11.4. The number of ether oxygens (including phenoxy) is 1. The van der Waals surface area contributed by atoms with E-state index in [1.165, 1.54) is 0 Å². The van der Waals surface area contributed by atoms with E-state index < -0.39 is 0 Å². The fourth-order valence-electron chi connectivity index (χ4n) is 3.69. The second-order valence-electron chi connectivity index (χ2n) is 7.61. The van der Waals surface area contributed by atoms with Crippen LogP contribution in [0.3, 0.4) is 0 Å². The third-order valence-electron chi connectivity index (χ3n) is 5.42. The molecule has 2 fully saturated rings. The molecule has 0 aliphatic carbocycles. The fraction of sp³-hybridized carbons (Fsp3) is 0.619. The van der Waals surface area contributed by atoms with Gasteiger partial charge in [0.05, 0.1) is 6.54 Å². The van der Waals surface area contributed by atoms with Crippen molar-refractivity contribution >= 4 is 23.4 Å². The highest BCUT2D eigenvalue weighted by Gasteiger charge is 2.20. The van der Waals surface area contributed by atoms with Crippen molar-refractivity contribution < 1.29 is 14.3 Å². The summed E-state index contributed by atoms with van der Waals surface area (Å²) in [5.74, 6) is 1.14. The van der Waals surface area contributed by atoms with Crippen LogP contribution in [0.4, 0.5) is 0 Å². The summed E-state index contributed by atoms with van der Waals surface area (Å²) in [7, 11) is 0. The molecular formula is C21H31ClN4O3. The average molecular weight is 423 g/mol. The SMILES string of the molecule is O=C(CN1CCN(CCOc2ccc(Cl)cc2)CC1)NCCCN1CCCC1=O. The maximum Gasteiger partial charge on any atom is 0.234 e. The Kier molecular flexibility index (Phi) is 8.58. The Hall–Kier alpha value is -1.83. The minimum atomic E-state index is 0.0669. The van der Waals surface area contributed by atoms with E-state index in [1.807, 2.05) is 29.2 Å². The van der Waals surface area contributed by atoms with Gasteiger partial charge in [-0.2, -0.15) is 0 Å². The number of piperazine rings is 1. The monoisotopic (exact) mass is 422 g/mol. The van der Waals surface area contributed by atoms with Gasteiger partial charge < -0.3 is 15.0 Å². The van der Waals surface area contributed by atoms with E-state index in [4.69, 9.17) is 16.3 Å². The summed E-state index contributed by atoms with van der Waals surface area (Å²) in [4.78, 5) is 30.1. The van der Waals surface area contributed by atoms with Crippen molar-refractivity contribution in [3.63, 3.8) is 0 Å². The number of nitrogens with zero attached hydrogens (tertiary/aromatic N) is 3. The van der Waals surface area contributed by atoms with Gasteiger partial charge in [0.2, 0.25) is 11.8 Å². The van der Waals surface area contributed by atoms with E-state index >= 15 is 0 Å². The van der Waals surface area contributed by atoms with Crippen LogP contribution in [0.15, 0.2) is 24.3 Å². The smallest absolute Gasteiger partial charge is 0.234 e. The molecule has 29 heavy (non-hydrogen) atoms. The molecule has 2 amide bonds. The van der Waals surface area contributed by atoms with Crippen molar-refractivity contribution in [2.24, 2.45) is 0 Å². The molecule has 0 saturated carbocycles. The Morgan fingerprint density at radius 2 is 1.76 bits per heavy atom. The molecule has 2 heterocycles. The Bertz CT molecular complexity index is 662. The molecule has 160 valence electrons. The van der Waals surface area contributed by atoms with E-state index in [0.29, 0.717) is 31.1 Å². The number of rotatable bonds is 10. The maximum atomic E-state index is 12.1. The maximum absolute atomic E-state index is 12.1. The van der Waals surface area contributed by atoms with Gasteiger partial charge in [-0.1, -0.05) is 11.6 Å². The lowest BCUT2D eigenvalue weighted by Gasteiger charge is -2.34. The topological polar surface area (TPSA) is 65.1 Å². The van der Waals surface area contributed by atoms with Crippen LogP contribution >= 0.6 is 11.6 Å². The zero-order chi connectivity index (χ0) is 20.5. The summed E-state index contributed by atoms with van der Waals surface area (Å²) >= 11 is 5.87. The molecule has 0 spiro atoms. The van der Waals surface area contributed by atoms with Crippen molar-refractivity contribution in [1.29, 1.82) is 0 Å². The lowest BCUT2D eigenvalue weighted by Crippen LogP contribution is -2.50. The molecule has 1 aromatic rings. The van der Waals surface area contributed by atoms with Crippen molar-refractivity contribution in [1.82, 2.24) is 20.0 Å². The van der Waals surface area contributed by atoms with Gasteiger partial charge in [0, 0.05) is 63.8 Å². The number of carbonyl (C=O) groups excluding carboxylic acids is 2. The van der Waals surface area contributed by atoms with Crippen molar-refractivity contribution in [3.8, 4) is 5.75 Å². The average Bonchev–Trinajstić information content (AvgIpc) is 3.13. The zero-order valence-electron chi connectivity index (χ0n) is 16.9. The molecule has 1 N–H and O–H groups in total. The first-order valence-corrected chi connectivity index (χ1v) is 10.9. The number of amides is 2. The highest BCUT2D eigenvalue weighted by atomic mass is 35.5. The molecule has 2 saturated heterocycles. The minimum absolute atomic E-state index is 0.0669. The van der Waals surface area contributed by atoms with E-state index in [2.05, 4.69) is 15.1 Å². The first-order chi connectivity index (χ1) is 14.1. The van der Waals surface area contributed by atoms with Crippen LogP contribution in [0.25, 0.3) is 0 Å². The molecule has 7 nitrogen and oxygen atoms in total. The highest BCUT2D eigenvalue weighted by Crippen LogP contribution is 2.15. The van der Waals surface area contributed by atoms with Crippen molar-refractivity contribution in [2.45, 2.75) is 19.3 Å². The summed E-state index contributed by atoms with van der Waals surface area (Å²) in [5.41, 5.74) is 0. The highest BCUT2D eigenvalue weighted by molar-refractivity contribution is 6.30. The molecule has 3 rings (SSSR count). The molecule has 0 bridgehead atoms. The molecular weight excluding hydrogens is 392 g/mol. The van der Waals surface area contributed by atoms with Crippen LogP contribution < -0.4 is 10.1 Å². The summed E-state index contributed by atoms with van der Waals surface area (Å²) in [6.45, 7) is 7.84. The number of nitrogens with one attached hydrogen (secondary N) is 1. The predicted octanol–water partition coefficient (Wildman–Crippen LogP) is 1.47. The molecule has 2 aliphatic rings. The second-order valence-corrected chi connectivity index (χ2v) is 8.04. The minimum Gasteiger partial charge on any atom is -0.492 e. The van der Waals surface area contributed by atoms with E-state index in [-0.39, 0.29) is 11.8 Å². The molecule has 0 radical (unpaired) electrons. The third kappa shape index (κ3) is 7.49. The fourth-order valence-corrected chi connectivity index (χ4v) is 3.82. The number of carbonyl (C=O) groups is 2. The molecule has 0 atom stereocenters. The lowest BCUT2D eigenvalue weighted by atomic mass is 10.3. The number of benzene rings is 1. The van der Waals surface area contributed by atoms with Crippen LogP contribution in [-0.4, -0.2) is 92.0 Å². The van der Waals surface area contributed by atoms with Crippen LogP contribution in [0.1, 0.15) is 19.3 Å². The summed E-state index contributed by atoms with van der Waals surface area (Å²) in [6.07, 6.45) is 2.45. The molecule has 0 aromatic heterocycles. The van der Waals surface area contributed by atoms with E-state index in [1.54, 1.807) is 0 Å². The first kappa shape index (κ1) is 21.9. The van der Waals surface area contributed by atoms with Gasteiger partial charge in [-0.3, -0.25) is 19.4 Å². The predicted molar refractivity (Wildman–Crippen MR) is 113 cm³/mol. The molecule has 8 heteroatoms. The Labute approximate surface area is 177 Å². The van der Waals surface area contributed by atoms with Gasteiger partial charge in [-0.05, 0) is 37.1 Å². The van der Waals surface area contributed by atoms with Crippen molar-refractivity contribution in [2.75, 3.05) is 65.5 Å². The van der Waals surface area contributed by atoms with Gasteiger partial charge in [0.25, 0.3) is 0 Å². The zero-order valence-corrected chi connectivity index (χ0v) is 17.7. The normalized spacial score (nSPS) is 18.2. The first-order valence-electron chi connectivity index (χ1n) is 10.5. The van der Waals surface area contributed by atoms with Crippen LogP contribution in [0.2, 0.25) is 5.02 Å². The van der Waals surface area contributed by atoms with E-state index in [9.17, 15) is 9.59 Å². The Morgan fingerprint density at radius 1 is 1.03 bits per heavy atom. The van der Waals surface area contributed by atoms with Gasteiger partial charge >= 0.3 is 0 Å². The standard InChI is InChI=1S/C21H31ClN4O3/c22-18-4-6-19(7-5-18)29-16-15-24-11-13-25(14-12-24)17-20(27)23-8-2-10-26-9-1-3-21(26)28/h4-7H,1-3,8-17H2,(H,23,27). The molecule has 1 aromatic carbocycles. The third-order valence-corrected chi connectivity index (χ3v) is 5.67. The summed E-state index contributed by atoms with van der Waals surface area (Å²) in [6, 6.07) is 7.41. The van der Waals surface area contributed by atoms with Crippen LogP contribution in [0, 0.1) is 0 Å². The van der Waals surface area contributed by atoms with E-state index in [0.717, 1.165) is 64.4 Å². The van der Waals surface area contributed by atoms with Crippen molar-refractivity contribution in [3.05, 3.63) is 29.3 Å². The Morgan fingerprint density at radius 3 is 2.45 bits per heavy atom. The Balaban J connectivity index is 1.22. The van der Waals surface area contributed by atoms with Gasteiger partial charge in [-0.25, -0.2) is 0 Å². The number of hydrogen-bond donors (Lipinski definition) is 1. The summed E-state index contributed by atoms with van der Waals surface area (Å²) < 4.78 is 5.75. The largest absolute Gasteiger partial charge is 0.492 e. The number of halogens is 1. The summed E-state index contributed by atoms with van der Waals surface area (Å²) in [5, 5.41) is 3.68. The number of likely N-dealkylation sites (tertiary alicyclic amines) is 1. The quantitative estimate of drug-likeness (QED) is 0.578.